The molecular weight excluding hydrogens is 391 g/mol. The zero-order valence-corrected chi connectivity index (χ0v) is 16.8. The fourth-order valence-electron chi connectivity index (χ4n) is 3.69. The second kappa shape index (κ2) is 8.02. The molecular formula is C22H22F3N5. The summed E-state index contributed by atoms with van der Waals surface area (Å²) in [6.07, 6.45) is -4.60. The molecule has 0 saturated heterocycles. The van der Waals surface area contributed by atoms with Gasteiger partial charge in [0.1, 0.15) is 0 Å². The molecule has 1 aromatic heterocycles. The number of rotatable bonds is 5. The molecule has 0 spiro atoms. The summed E-state index contributed by atoms with van der Waals surface area (Å²) in [6, 6.07) is 14.1. The van der Waals surface area contributed by atoms with E-state index in [0.29, 0.717) is 34.9 Å². The summed E-state index contributed by atoms with van der Waals surface area (Å²) in [5, 5.41) is 8.11. The summed E-state index contributed by atoms with van der Waals surface area (Å²) < 4.78 is 43.9. The molecule has 3 aromatic rings. The van der Waals surface area contributed by atoms with Gasteiger partial charge in [0.2, 0.25) is 6.04 Å². The predicted octanol–water partition coefficient (Wildman–Crippen LogP) is 4.56. The number of alkyl halides is 3. The van der Waals surface area contributed by atoms with E-state index in [9.17, 15) is 13.2 Å². The van der Waals surface area contributed by atoms with Crippen molar-refractivity contribution in [2.75, 3.05) is 13.1 Å². The Bertz CT molecular complexity index is 1050. The highest BCUT2D eigenvalue weighted by atomic mass is 19.4. The maximum absolute atomic E-state index is 14.1. The Labute approximate surface area is 172 Å². The molecule has 1 atom stereocenters. The van der Waals surface area contributed by atoms with Crippen molar-refractivity contribution in [1.29, 1.82) is 0 Å². The number of para-hydroxylation sites is 1. The van der Waals surface area contributed by atoms with Gasteiger partial charge in [-0.1, -0.05) is 62.4 Å². The summed E-state index contributed by atoms with van der Waals surface area (Å²) in [5.41, 5.74) is 2.15. The van der Waals surface area contributed by atoms with Crippen molar-refractivity contribution in [3.8, 4) is 5.69 Å². The Hall–Kier alpha value is -3.00. The lowest BCUT2D eigenvalue weighted by Crippen LogP contribution is -2.25. The molecule has 0 aliphatic carbocycles. The highest BCUT2D eigenvalue weighted by Gasteiger charge is 2.46. The van der Waals surface area contributed by atoms with Crippen LogP contribution >= 0.6 is 0 Å². The van der Waals surface area contributed by atoms with Crippen molar-refractivity contribution in [3.63, 3.8) is 0 Å². The second-order valence-electron chi connectivity index (χ2n) is 7.08. The zero-order chi connectivity index (χ0) is 21.3. The van der Waals surface area contributed by atoms with Gasteiger partial charge in [-0.15, -0.1) is 10.2 Å². The van der Waals surface area contributed by atoms with Gasteiger partial charge in [0, 0.05) is 11.1 Å². The third-order valence-corrected chi connectivity index (χ3v) is 5.27. The largest absolute Gasteiger partial charge is 0.418 e. The van der Waals surface area contributed by atoms with E-state index in [1.807, 2.05) is 19.9 Å². The van der Waals surface area contributed by atoms with Gasteiger partial charge < -0.3 is 0 Å². The van der Waals surface area contributed by atoms with E-state index in [1.54, 1.807) is 48.5 Å². The van der Waals surface area contributed by atoms with Crippen molar-refractivity contribution in [1.82, 2.24) is 19.7 Å². The fourth-order valence-corrected chi connectivity index (χ4v) is 3.69. The van der Waals surface area contributed by atoms with Crippen molar-refractivity contribution >= 4 is 5.71 Å². The average Bonchev–Trinajstić information content (AvgIpc) is 3.08. The normalized spacial score (nSPS) is 16.1. The van der Waals surface area contributed by atoms with Crippen LogP contribution in [0.4, 0.5) is 13.2 Å². The number of benzene rings is 2. The van der Waals surface area contributed by atoms with Crippen LogP contribution in [0.1, 0.15) is 42.7 Å². The van der Waals surface area contributed by atoms with Gasteiger partial charge in [0.05, 0.1) is 17.9 Å². The quantitative estimate of drug-likeness (QED) is 0.616. The molecule has 30 heavy (non-hydrogen) atoms. The maximum Gasteiger partial charge on any atom is 0.418 e. The summed E-state index contributed by atoms with van der Waals surface area (Å²) in [4.78, 5) is 6.28. The lowest BCUT2D eigenvalue weighted by Gasteiger charge is -2.20. The first-order chi connectivity index (χ1) is 14.4. The summed E-state index contributed by atoms with van der Waals surface area (Å²) in [6.45, 7) is 5.93. The number of aromatic nitrogens is 3. The van der Waals surface area contributed by atoms with Gasteiger partial charge >= 0.3 is 6.18 Å². The number of aliphatic imine (C=N–C) groups is 1. The van der Waals surface area contributed by atoms with E-state index in [2.05, 4.69) is 20.1 Å². The number of fused-ring (bicyclic) bond motifs is 3. The Kier molecular flexibility index (Phi) is 5.42. The van der Waals surface area contributed by atoms with Gasteiger partial charge in [0.15, 0.2) is 11.6 Å². The molecule has 0 fully saturated rings. The molecule has 4 rings (SSSR count). The molecule has 0 amide bonds. The average molecular weight is 413 g/mol. The molecule has 2 aromatic carbocycles. The van der Waals surface area contributed by atoms with Gasteiger partial charge in [-0.3, -0.25) is 14.5 Å². The van der Waals surface area contributed by atoms with E-state index in [0.717, 1.165) is 13.1 Å². The number of hydrogen-bond acceptors (Lipinski definition) is 4. The summed E-state index contributed by atoms with van der Waals surface area (Å²) in [7, 11) is 0. The standard InChI is InChI=1S/C22H22F3N5/c1-3-29(4-2)14-18-27-28-21-20(22(23,24)25)26-19(15-10-6-5-7-11-15)16-12-8-9-13-17(16)30(18)21/h5-13,20H,3-4,14H2,1-2H3. The molecule has 1 unspecified atom stereocenters. The third-order valence-electron chi connectivity index (χ3n) is 5.27. The van der Waals surface area contributed by atoms with Crippen LogP contribution in [0.5, 0.6) is 0 Å². The Morgan fingerprint density at radius 3 is 2.27 bits per heavy atom. The van der Waals surface area contributed by atoms with Crippen LogP contribution in [0.2, 0.25) is 0 Å². The third kappa shape index (κ3) is 3.63. The van der Waals surface area contributed by atoms with Gasteiger partial charge in [-0.25, -0.2) is 0 Å². The van der Waals surface area contributed by atoms with Crippen LogP contribution < -0.4 is 0 Å². The molecule has 0 radical (unpaired) electrons. The van der Waals surface area contributed by atoms with Crippen LogP contribution in [-0.2, 0) is 6.54 Å². The summed E-state index contributed by atoms with van der Waals surface area (Å²) in [5.74, 6) is 0.267. The summed E-state index contributed by atoms with van der Waals surface area (Å²) >= 11 is 0. The molecule has 1 aliphatic heterocycles. The molecule has 0 N–H and O–H groups in total. The minimum atomic E-state index is -4.60. The Morgan fingerprint density at radius 1 is 0.933 bits per heavy atom. The van der Waals surface area contributed by atoms with Gasteiger partial charge in [-0.05, 0) is 19.2 Å². The minimum Gasteiger partial charge on any atom is -0.296 e. The maximum atomic E-state index is 14.1. The Balaban J connectivity index is 1.97. The van der Waals surface area contributed by atoms with Crippen LogP contribution in [0, 0.1) is 0 Å². The molecule has 0 bridgehead atoms. The SMILES string of the molecule is CCN(CC)Cc1nnc2n1-c1ccccc1C(c1ccccc1)=NC2C(F)(F)F. The zero-order valence-electron chi connectivity index (χ0n) is 16.8. The van der Waals surface area contributed by atoms with Crippen molar-refractivity contribution in [2.24, 2.45) is 4.99 Å². The molecule has 1 aliphatic rings. The van der Waals surface area contributed by atoms with Crippen molar-refractivity contribution in [2.45, 2.75) is 32.6 Å². The highest BCUT2D eigenvalue weighted by Crippen LogP contribution is 2.40. The Morgan fingerprint density at radius 2 is 1.60 bits per heavy atom. The van der Waals surface area contributed by atoms with E-state index < -0.39 is 12.2 Å². The number of halogens is 3. The monoisotopic (exact) mass is 413 g/mol. The van der Waals surface area contributed by atoms with Gasteiger partial charge in [-0.2, -0.15) is 13.2 Å². The van der Waals surface area contributed by atoms with E-state index in [4.69, 9.17) is 0 Å². The van der Waals surface area contributed by atoms with E-state index in [-0.39, 0.29) is 5.82 Å². The predicted molar refractivity (Wildman–Crippen MR) is 109 cm³/mol. The van der Waals surface area contributed by atoms with Crippen LogP contribution in [0.3, 0.4) is 0 Å². The van der Waals surface area contributed by atoms with Gasteiger partial charge in [0.25, 0.3) is 0 Å². The fraction of sp³-hybridized carbons (Fsp3) is 0.318. The van der Waals surface area contributed by atoms with Crippen LogP contribution in [0.25, 0.3) is 5.69 Å². The first-order valence-electron chi connectivity index (χ1n) is 9.90. The smallest absolute Gasteiger partial charge is 0.296 e. The number of nitrogens with zero attached hydrogens (tertiary/aromatic N) is 5. The van der Waals surface area contributed by atoms with E-state index >= 15 is 0 Å². The lowest BCUT2D eigenvalue weighted by molar-refractivity contribution is -0.150. The molecule has 2 heterocycles. The second-order valence-corrected chi connectivity index (χ2v) is 7.08. The van der Waals surface area contributed by atoms with E-state index in [1.165, 1.54) is 4.57 Å². The first-order valence-corrected chi connectivity index (χ1v) is 9.90. The number of hydrogen-bond donors (Lipinski definition) is 0. The van der Waals surface area contributed by atoms with Crippen molar-refractivity contribution < 1.29 is 13.2 Å². The molecule has 5 nitrogen and oxygen atoms in total. The van der Waals surface area contributed by atoms with Crippen LogP contribution in [-0.4, -0.2) is 44.6 Å². The van der Waals surface area contributed by atoms with Crippen LogP contribution in [0.15, 0.2) is 59.6 Å². The topological polar surface area (TPSA) is 46.3 Å². The van der Waals surface area contributed by atoms with Crippen molar-refractivity contribution in [3.05, 3.63) is 77.4 Å². The lowest BCUT2D eigenvalue weighted by atomic mass is 10.0. The highest BCUT2D eigenvalue weighted by molar-refractivity contribution is 6.15. The first kappa shape index (κ1) is 20.3. The molecule has 0 saturated carbocycles. The molecule has 8 heteroatoms. The molecule has 156 valence electrons. The minimum absolute atomic E-state index is 0.206.